The van der Waals surface area contributed by atoms with E-state index in [1.54, 1.807) is 0 Å². The van der Waals surface area contributed by atoms with Gasteiger partial charge in [0.25, 0.3) is 11.8 Å². The topological polar surface area (TPSA) is 123 Å². The predicted molar refractivity (Wildman–Crippen MR) is 155 cm³/mol. The molecule has 0 unspecified atom stereocenters. The number of piperidine rings is 2. The van der Waals surface area contributed by atoms with Crippen molar-refractivity contribution in [3.8, 4) is 11.8 Å². The molecule has 5 heterocycles. The van der Waals surface area contributed by atoms with Crippen LogP contribution in [0.5, 0.6) is 11.8 Å². The third kappa shape index (κ3) is 5.75. The Morgan fingerprint density at radius 3 is 1.18 bits per heavy atom. The Morgan fingerprint density at radius 1 is 0.575 bits per heavy atom. The van der Waals surface area contributed by atoms with Gasteiger partial charge in [-0.2, -0.15) is 18.9 Å². The van der Waals surface area contributed by atoms with Gasteiger partial charge in [-0.15, -0.1) is 8.75 Å². The average molecular weight is 597 g/mol. The van der Waals surface area contributed by atoms with Gasteiger partial charge in [0.2, 0.25) is 11.6 Å². The standard InChI is InChI=1S/C26H44N8O4S2/c1-23(2)13-17(14-24(3,4)33(23)35)37-21-19(27-39-29-21)31-9-11-32(12-10-31)20-22(30-40-28-20)38-18-15-25(5,6)34(36)26(7,8)16-18/h17-18,35-36H,9-16H2,1-8H3. The molecule has 224 valence electrons. The fourth-order valence-electron chi connectivity index (χ4n) is 6.86. The molecule has 2 aromatic heterocycles. The van der Waals surface area contributed by atoms with Crippen LogP contribution >= 0.6 is 23.5 Å². The van der Waals surface area contributed by atoms with Gasteiger partial charge in [0.15, 0.2) is 0 Å². The molecular formula is C26H44N8O4S2. The molecule has 0 aliphatic carbocycles. The number of hydroxylamine groups is 4. The van der Waals surface area contributed by atoms with Crippen molar-refractivity contribution >= 4 is 35.1 Å². The molecule has 14 heteroatoms. The Hall–Kier alpha value is -1.84. The van der Waals surface area contributed by atoms with Crippen LogP contribution in [0.1, 0.15) is 81.1 Å². The first kappa shape index (κ1) is 29.6. The first-order valence-corrected chi connectivity index (χ1v) is 15.5. The number of nitrogens with zero attached hydrogens (tertiary/aromatic N) is 8. The zero-order valence-electron chi connectivity index (χ0n) is 24.9. The summed E-state index contributed by atoms with van der Waals surface area (Å²) < 4.78 is 31.0. The van der Waals surface area contributed by atoms with Gasteiger partial charge in [-0.3, -0.25) is 0 Å². The van der Waals surface area contributed by atoms with E-state index >= 15 is 0 Å². The maximum Gasteiger partial charge on any atom is 0.271 e. The summed E-state index contributed by atoms with van der Waals surface area (Å²) in [6, 6.07) is 0. The predicted octanol–water partition coefficient (Wildman–Crippen LogP) is 4.30. The maximum absolute atomic E-state index is 10.6. The van der Waals surface area contributed by atoms with Crippen molar-refractivity contribution in [1.82, 2.24) is 27.6 Å². The van der Waals surface area contributed by atoms with Gasteiger partial charge in [0, 0.05) is 74.0 Å². The molecule has 3 aliphatic rings. The highest BCUT2D eigenvalue weighted by Crippen LogP contribution is 2.41. The van der Waals surface area contributed by atoms with E-state index < -0.39 is 22.2 Å². The lowest BCUT2D eigenvalue weighted by atomic mass is 9.80. The van der Waals surface area contributed by atoms with Crippen molar-refractivity contribution in [2.75, 3.05) is 36.0 Å². The van der Waals surface area contributed by atoms with E-state index in [1.165, 1.54) is 33.6 Å². The number of rotatable bonds is 6. The first-order chi connectivity index (χ1) is 18.6. The van der Waals surface area contributed by atoms with Crippen molar-refractivity contribution in [3.63, 3.8) is 0 Å². The molecule has 0 amide bonds. The van der Waals surface area contributed by atoms with Crippen molar-refractivity contribution < 1.29 is 19.9 Å². The molecule has 0 atom stereocenters. The molecule has 0 spiro atoms. The highest BCUT2D eigenvalue weighted by Gasteiger charge is 2.47. The maximum atomic E-state index is 10.6. The zero-order chi connectivity index (χ0) is 29.1. The summed E-state index contributed by atoms with van der Waals surface area (Å²) in [7, 11) is 0. The minimum Gasteiger partial charge on any atom is -0.471 e. The van der Waals surface area contributed by atoms with Crippen LogP contribution in [0.15, 0.2) is 0 Å². The van der Waals surface area contributed by atoms with Gasteiger partial charge in [-0.1, -0.05) is 0 Å². The monoisotopic (exact) mass is 596 g/mol. The SMILES string of the molecule is CC1(C)CC(Oc2nsnc2N2CCN(c3nsnc3OC3CC(C)(C)N(O)C(C)(C)C3)CC2)CC(C)(C)N1O. The second-order valence-corrected chi connectivity index (χ2v) is 15.0. The Bertz CT molecular complexity index is 1050. The highest BCUT2D eigenvalue weighted by atomic mass is 32.1. The number of ether oxygens (including phenoxy) is 2. The number of anilines is 2. The van der Waals surface area contributed by atoms with Gasteiger partial charge < -0.3 is 29.7 Å². The quantitative estimate of drug-likeness (QED) is 0.494. The molecule has 0 aromatic carbocycles. The summed E-state index contributed by atoms with van der Waals surface area (Å²) in [5.74, 6) is 2.70. The average Bonchev–Trinajstić information content (AvgIpc) is 3.50. The van der Waals surface area contributed by atoms with E-state index in [9.17, 15) is 10.4 Å². The van der Waals surface area contributed by atoms with Crippen LogP contribution < -0.4 is 19.3 Å². The molecule has 40 heavy (non-hydrogen) atoms. The van der Waals surface area contributed by atoms with Crippen LogP contribution in [0, 0.1) is 0 Å². The summed E-state index contributed by atoms with van der Waals surface area (Å²) >= 11 is 2.33. The Labute approximate surface area is 245 Å². The second kappa shape index (κ2) is 10.5. The number of aromatic nitrogens is 4. The lowest BCUT2D eigenvalue weighted by molar-refractivity contribution is -0.255. The minimum absolute atomic E-state index is 0.0641. The summed E-state index contributed by atoms with van der Waals surface area (Å²) in [5, 5.41) is 24.2. The Morgan fingerprint density at radius 2 is 0.875 bits per heavy atom. The van der Waals surface area contributed by atoms with E-state index in [-0.39, 0.29) is 12.2 Å². The fourth-order valence-corrected chi connectivity index (χ4v) is 7.88. The van der Waals surface area contributed by atoms with Crippen LogP contribution in [0.2, 0.25) is 0 Å². The molecule has 3 saturated heterocycles. The molecule has 2 aromatic rings. The lowest BCUT2D eigenvalue weighted by Gasteiger charge is -2.51. The third-order valence-electron chi connectivity index (χ3n) is 8.52. The number of piperazine rings is 1. The van der Waals surface area contributed by atoms with E-state index in [0.717, 1.165) is 37.8 Å². The summed E-state index contributed by atoms with van der Waals surface area (Å²) in [4.78, 5) is 4.43. The molecule has 3 aliphatic heterocycles. The largest absolute Gasteiger partial charge is 0.471 e. The molecule has 12 nitrogen and oxygen atoms in total. The highest BCUT2D eigenvalue weighted by molar-refractivity contribution is 6.99. The van der Waals surface area contributed by atoms with Crippen LogP contribution in [0.25, 0.3) is 0 Å². The normalized spacial score (nSPS) is 25.8. The van der Waals surface area contributed by atoms with Gasteiger partial charge in [0.05, 0.1) is 23.5 Å². The molecule has 0 saturated carbocycles. The Kier molecular flexibility index (Phi) is 7.75. The van der Waals surface area contributed by atoms with Gasteiger partial charge in [0.1, 0.15) is 12.2 Å². The molecule has 2 N–H and O–H groups in total. The van der Waals surface area contributed by atoms with Gasteiger partial charge in [-0.05, 0) is 55.4 Å². The van der Waals surface area contributed by atoms with Crippen molar-refractivity contribution in [3.05, 3.63) is 0 Å². The van der Waals surface area contributed by atoms with E-state index in [1.807, 2.05) is 55.4 Å². The molecule has 0 radical (unpaired) electrons. The lowest BCUT2D eigenvalue weighted by Crippen LogP contribution is -2.61. The van der Waals surface area contributed by atoms with Crippen LogP contribution in [-0.4, -0.2) is 98.6 Å². The zero-order valence-corrected chi connectivity index (χ0v) is 26.5. The van der Waals surface area contributed by atoms with Crippen LogP contribution in [0.3, 0.4) is 0 Å². The van der Waals surface area contributed by atoms with Gasteiger partial charge in [-0.25, -0.2) is 0 Å². The second-order valence-electron chi connectivity index (χ2n) is 13.9. The van der Waals surface area contributed by atoms with Gasteiger partial charge >= 0.3 is 0 Å². The first-order valence-electron chi connectivity index (χ1n) is 14.1. The molecule has 3 fully saturated rings. The Balaban J connectivity index is 1.21. The molecule has 0 bridgehead atoms. The van der Waals surface area contributed by atoms with Crippen molar-refractivity contribution in [2.24, 2.45) is 0 Å². The molecular weight excluding hydrogens is 552 g/mol. The van der Waals surface area contributed by atoms with Crippen molar-refractivity contribution in [1.29, 1.82) is 0 Å². The smallest absolute Gasteiger partial charge is 0.271 e. The number of hydrogen-bond acceptors (Lipinski definition) is 14. The summed E-state index contributed by atoms with van der Waals surface area (Å²) in [6.45, 7) is 19.2. The summed E-state index contributed by atoms with van der Waals surface area (Å²) in [6.07, 6.45) is 2.66. The van der Waals surface area contributed by atoms with Crippen LogP contribution in [-0.2, 0) is 0 Å². The minimum atomic E-state index is -0.399. The molecule has 5 rings (SSSR count). The van der Waals surface area contributed by atoms with Crippen LogP contribution in [0.4, 0.5) is 11.6 Å². The van der Waals surface area contributed by atoms with E-state index in [4.69, 9.17) is 9.47 Å². The fraction of sp³-hybridized carbons (Fsp3) is 0.846. The third-order valence-corrected chi connectivity index (χ3v) is 9.53. The van der Waals surface area contributed by atoms with E-state index in [0.29, 0.717) is 37.4 Å². The summed E-state index contributed by atoms with van der Waals surface area (Å²) in [5.41, 5.74) is -1.60. The van der Waals surface area contributed by atoms with Crippen molar-refractivity contribution in [2.45, 2.75) is 115 Å². The van der Waals surface area contributed by atoms with E-state index in [2.05, 4.69) is 27.3 Å². The number of hydrogen-bond donors (Lipinski definition) is 2.